The lowest BCUT2D eigenvalue weighted by Crippen LogP contribution is -2.27. The van der Waals surface area contributed by atoms with Crippen molar-refractivity contribution in [1.82, 2.24) is 15.3 Å². The van der Waals surface area contributed by atoms with E-state index in [0.717, 1.165) is 11.3 Å². The summed E-state index contributed by atoms with van der Waals surface area (Å²) in [7, 11) is 1.76. The highest BCUT2D eigenvalue weighted by Gasteiger charge is 2.15. The van der Waals surface area contributed by atoms with E-state index in [1.54, 1.807) is 31.4 Å². The molecule has 2 aromatic rings. The SMILES string of the molecule is CCOc1ncc(C(C)NC(=O)c2cc(C)nc(NC)c2)cc1Cl. The van der Waals surface area contributed by atoms with Crippen LogP contribution in [-0.4, -0.2) is 29.5 Å². The molecular formula is C17H21ClN4O2. The van der Waals surface area contributed by atoms with Crippen molar-refractivity contribution in [3.05, 3.63) is 46.2 Å². The van der Waals surface area contributed by atoms with Crippen LogP contribution >= 0.6 is 11.6 Å². The summed E-state index contributed by atoms with van der Waals surface area (Å²) in [6.45, 7) is 6.08. The number of carbonyl (C=O) groups excluding carboxylic acids is 1. The highest BCUT2D eigenvalue weighted by molar-refractivity contribution is 6.31. The maximum atomic E-state index is 12.5. The van der Waals surface area contributed by atoms with E-state index in [2.05, 4.69) is 20.6 Å². The van der Waals surface area contributed by atoms with Gasteiger partial charge in [-0.3, -0.25) is 4.79 Å². The zero-order chi connectivity index (χ0) is 17.7. The lowest BCUT2D eigenvalue weighted by molar-refractivity contribution is 0.0939. The number of nitrogens with one attached hydrogen (secondary N) is 2. The number of hydrogen-bond acceptors (Lipinski definition) is 5. The van der Waals surface area contributed by atoms with Gasteiger partial charge in [-0.2, -0.15) is 0 Å². The quantitative estimate of drug-likeness (QED) is 0.837. The molecule has 0 saturated carbocycles. The van der Waals surface area contributed by atoms with E-state index in [9.17, 15) is 4.79 Å². The van der Waals surface area contributed by atoms with Crippen LogP contribution in [0.5, 0.6) is 5.88 Å². The molecule has 7 heteroatoms. The van der Waals surface area contributed by atoms with Crippen molar-refractivity contribution in [2.75, 3.05) is 19.0 Å². The highest BCUT2D eigenvalue weighted by atomic mass is 35.5. The van der Waals surface area contributed by atoms with Crippen LogP contribution in [0.1, 0.15) is 41.5 Å². The zero-order valence-electron chi connectivity index (χ0n) is 14.2. The fourth-order valence-electron chi connectivity index (χ4n) is 2.21. The van der Waals surface area contributed by atoms with Crippen molar-refractivity contribution in [1.29, 1.82) is 0 Å². The molecule has 6 nitrogen and oxygen atoms in total. The second kappa shape index (κ2) is 7.97. The van der Waals surface area contributed by atoms with Gasteiger partial charge in [0, 0.05) is 24.5 Å². The molecule has 0 fully saturated rings. The molecule has 0 radical (unpaired) electrons. The Balaban J connectivity index is 2.14. The molecule has 2 heterocycles. The molecule has 2 aromatic heterocycles. The first-order valence-corrected chi connectivity index (χ1v) is 8.08. The van der Waals surface area contributed by atoms with E-state index in [4.69, 9.17) is 16.3 Å². The number of hydrogen-bond donors (Lipinski definition) is 2. The minimum absolute atomic E-state index is 0.186. The minimum atomic E-state index is -0.246. The van der Waals surface area contributed by atoms with E-state index in [0.29, 0.717) is 28.9 Å². The van der Waals surface area contributed by atoms with Crippen LogP contribution in [0.4, 0.5) is 5.82 Å². The summed E-state index contributed by atoms with van der Waals surface area (Å²) in [6, 6.07) is 4.95. The van der Waals surface area contributed by atoms with E-state index >= 15 is 0 Å². The third-order valence-corrected chi connectivity index (χ3v) is 3.70. The zero-order valence-corrected chi connectivity index (χ0v) is 14.9. The third kappa shape index (κ3) is 4.35. The molecule has 0 aliphatic carbocycles. The minimum Gasteiger partial charge on any atom is -0.477 e. The molecule has 0 spiro atoms. The van der Waals surface area contributed by atoms with E-state index in [-0.39, 0.29) is 11.9 Å². The van der Waals surface area contributed by atoms with Crippen molar-refractivity contribution in [2.45, 2.75) is 26.8 Å². The first-order valence-electron chi connectivity index (χ1n) is 7.70. The van der Waals surface area contributed by atoms with E-state index in [1.807, 2.05) is 20.8 Å². The van der Waals surface area contributed by atoms with Gasteiger partial charge in [0.2, 0.25) is 5.88 Å². The van der Waals surface area contributed by atoms with E-state index in [1.165, 1.54) is 0 Å². The summed E-state index contributed by atoms with van der Waals surface area (Å²) < 4.78 is 5.32. The average Bonchev–Trinajstić information content (AvgIpc) is 2.56. The summed E-state index contributed by atoms with van der Waals surface area (Å²) in [5.74, 6) is 0.859. The molecule has 2 N–H and O–H groups in total. The van der Waals surface area contributed by atoms with Crippen LogP contribution in [0.3, 0.4) is 0 Å². The number of aromatic nitrogens is 2. The molecule has 0 bridgehead atoms. The number of carbonyl (C=O) groups is 1. The molecule has 0 saturated heterocycles. The smallest absolute Gasteiger partial charge is 0.251 e. The number of rotatable bonds is 6. The van der Waals surface area contributed by atoms with Gasteiger partial charge < -0.3 is 15.4 Å². The Morgan fingerprint density at radius 3 is 2.75 bits per heavy atom. The number of amides is 1. The predicted octanol–water partition coefficient (Wildman–Crippen LogP) is 3.37. The van der Waals surface area contributed by atoms with Crippen LogP contribution in [-0.2, 0) is 0 Å². The fraction of sp³-hybridized carbons (Fsp3) is 0.353. The van der Waals surface area contributed by atoms with Crippen molar-refractivity contribution in [2.24, 2.45) is 0 Å². The number of aryl methyl sites for hydroxylation is 1. The van der Waals surface area contributed by atoms with Crippen LogP contribution < -0.4 is 15.4 Å². The molecule has 128 valence electrons. The van der Waals surface area contributed by atoms with Gasteiger partial charge in [0.1, 0.15) is 10.8 Å². The first-order chi connectivity index (χ1) is 11.4. The van der Waals surface area contributed by atoms with Crippen molar-refractivity contribution in [3.63, 3.8) is 0 Å². The molecule has 2 rings (SSSR count). The highest BCUT2D eigenvalue weighted by Crippen LogP contribution is 2.25. The lowest BCUT2D eigenvalue weighted by atomic mass is 10.1. The van der Waals surface area contributed by atoms with Gasteiger partial charge in [-0.1, -0.05) is 11.6 Å². The number of nitrogens with zero attached hydrogens (tertiary/aromatic N) is 2. The van der Waals surface area contributed by atoms with Crippen molar-refractivity contribution < 1.29 is 9.53 Å². The lowest BCUT2D eigenvalue weighted by Gasteiger charge is -2.16. The summed E-state index contributed by atoms with van der Waals surface area (Å²) in [6.07, 6.45) is 1.65. The number of ether oxygens (including phenoxy) is 1. The average molecular weight is 349 g/mol. The molecule has 0 aromatic carbocycles. The summed E-state index contributed by atoms with van der Waals surface area (Å²) in [4.78, 5) is 20.9. The Hall–Kier alpha value is -2.34. The normalized spacial score (nSPS) is 11.7. The topological polar surface area (TPSA) is 76.1 Å². The van der Waals surface area contributed by atoms with Crippen LogP contribution in [0, 0.1) is 6.92 Å². The van der Waals surface area contributed by atoms with Crippen LogP contribution in [0.15, 0.2) is 24.4 Å². The Labute approximate surface area is 146 Å². The molecule has 0 aliphatic rings. The maximum Gasteiger partial charge on any atom is 0.251 e. The van der Waals surface area contributed by atoms with Gasteiger partial charge in [0.05, 0.1) is 12.6 Å². The predicted molar refractivity (Wildman–Crippen MR) is 94.8 cm³/mol. The largest absolute Gasteiger partial charge is 0.477 e. The molecule has 1 atom stereocenters. The summed E-state index contributed by atoms with van der Waals surface area (Å²) >= 11 is 6.15. The first kappa shape index (κ1) is 18.0. The Morgan fingerprint density at radius 2 is 2.12 bits per heavy atom. The maximum absolute atomic E-state index is 12.5. The molecular weight excluding hydrogens is 328 g/mol. The second-order valence-electron chi connectivity index (χ2n) is 5.32. The van der Waals surface area contributed by atoms with Crippen molar-refractivity contribution in [3.8, 4) is 5.88 Å². The van der Waals surface area contributed by atoms with Crippen molar-refractivity contribution >= 4 is 23.3 Å². The number of anilines is 1. The summed E-state index contributed by atoms with van der Waals surface area (Å²) in [5, 5.41) is 6.30. The van der Waals surface area contributed by atoms with Crippen LogP contribution in [0.25, 0.3) is 0 Å². The molecule has 24 heavy (non-hydrogen) atoms. The van der Waals surface area contributed by atoms with E-state index < -0.39 is 0 Å². The van der Waals surface area contributed by atoms with Gasteiger partial charge in [-0.15, -0.1) is 0 Å². The monoisotopic (exact) mass is 348 g/mol. The second-order valence-corrected chi connectivity index (χ2v) is 5.72. The van der Waals surface area contributed by atoms with Crippen LogP contribution in [0.2, 0.25) is 5.02 Å². The fourth-order valence-corrected chi connectivity index (χ4v) is 2.44. The Morgan fingerprint density at radius 1 is 1.38 bits per heavy atom. The van der Waals surface area contributed by atoms with Gasteiger partial charge in [0.25, 0.3) is 5.91 Å². The van der Waals surface area contributed by atoms with Gasteiger partial charge in [0.15, 0.2) is 0 Å². The third-order valence-electron chi connectivity index (χ3n) is 3.43. The summed E-state index contributed by atoms with van der Waals surface area (Å²) in [5.41, 5.74) is 2.12. The van der Waals surface area contributed by atoms with Gasteiger partial charge in [-0.25, -0.2) is 9.97 Å². The molecule has 1 unspecified atom stereocenters. The van der Waals surface area contributed by atoms with Gasteiger partial charge >= 0.3 is 0 Å². The Kier molecular flexibility index (Phi) is 5.98. The number of halogens is 1. The molecule has 0 aliphatic heterocycles. The standard InChI is InChI=1S/C17H21ClN4O2/c1-5-24-17-14(18)7-13(9-20-17)11(3)22-16(23)12-6-10(2)21-15(8-12)19-4/h6-9,11H,5H2,1-4H3,(H,19,21)(H,22,23). The number of pyridine rings is 2. The van der Waals surface area contributed by atoms with Gasteiger partial charge in [-0.05, 0) is 44.5 Å². The Bertz CT molecular complexity index is 737. The molecule has 1 amide bonds.